The van der Waals surface area contributed by atoms with Gasteiger partial charge < -0.3 is 15.4 Å². The third-order valence-electron chi connectivity index (χ3n) is 2.68. The van der Waals surface area contributed by atoms with Gasteiger partial charge in [0.05, 0.1) is 6.54 Å². The molecule has 1 aliphatic heterocycles. The topological polar surface area (TPSA) is 55.6 Å². The number of nitrogens with two attached hydrogens (primary N) is 1. The van der Waals surface area contributed by atoms with Crippen LogP contribution in [-0.4, -0.2) is 24.6 Å². The molecule has 0 aromatic heterocycles. The first-order valence-corrected chi connectivity index (χ1v) is 4.81. The minimum atomic E-state index is -0.556. The lowest BCUT2D eigenvalue weighted by Crippen LogP contribution is -2.27. The molecule has 4 heteroatoms. The van der Waals surface area contributed by atoms with Crippen LogP contribution >= 0.6 is 0 Å². The van der Waals surface area contributed by atoms with E-state index in [1.807, 2.05) is 31.2 Å². The number of amides is 1. The van der Waals surface area contributed by atoms with E-state index in [2.05, 4.69) is 0 Å². The molecule has 0 bridgehead atoms. The lowest BCUT2D eigenvalue weighted by atomic mass is 9.96. The van der Waals surface area contributed by atoms with E-state index in [1.165, 1.54) is 0 Å². The van der Waals surface area contributed by atoms with E-state index >= 15 is 0 Å². The van der Waals surface area contributed by atoms with Crippen molar-refractivity contribution >= 4 is 11.8 Å². The average molecular weight is 206 g/mol. The summed E-state index contributed by atoms with van der Waals surface area (Å²) in [6.45, 7) is 2.47. The predicted molar refractivity (Wildman–Crippen MR) is 57.3 cm³/mol. The van der Waals surface area contributed by atoms with Gasteiger partial charge in [-0.1, -0.05) is 12.1 Å². The van der Waals surface area contributed by atoms with E-state index in [0.29, 0.717) is 12.2 Å². The van der Waals surface area contributed by atoms with Crippen LogP contribution in [0.1, 0.15) is 12.5 Å². The summed E-state index contributed by atoms with van der Waals surface area (Å²) in [4.78, 5) is 12.9. The van der Waals surface area contributed by atoms with Crippen LogP contribution in [-0.2, 0) is 10.3 Å². The van der Waals surface area contributed by atoms with Gasteiger partial charge in [-0.2, -0.15) is 0 Å². The summed E-state index contributed by atoms with van der Waals surface area (Å²) in [6.07, 6.45) is -0.283. The van der Waals surface area contributed by atoms with Crippen LogP contribution in [0.5, 0.6) is 0 Å². The Balaban J connectivity index is 2.31. The molecule has 1 saturated heterocycles. The summed E-state index contributed by atoms with van der Waals surface area (Å²) in [5, 5.41) is 0. The number of rotatable bonds is 1. The van der Waals surface area contributed by atoms with Gasteiger partial charge in [-0.3, -0.25) is 0 Å². The molecule has 1 aromatic carbocycles. The number of ether oxygens (including phenoxy) is 1. The molecule has 0 saturated carbocycles. The van der Waals surface area contributed by atoms with Gasteiger partial charge in [0.2, 0.25) is 0 Å². The Bertz CT molecular complexity index is 388. The van der Waals surface area contributed by atoms with Crippen molar-refractivity contribution in [2.45, 2.75) is 12.5 Å². The second kappa shape index (κ2) is 3.15. The number of cyclic esters (lactones) is 1. The maximum atomic E-state index is 11.3. The molecule has 0 aliphatic carbocycles. The van der Waals surface area contributed by atoms with Crippen LogP contribution in [0.3, 0.4) is 0 Å². The minimum Gasteiger partial charge on any atom is -0.436 e. The zero-order chi connectivity index (χ0) is 11.1. The summed E-state index contributed by atoms with van der Waals surface area (Å²) >= 11 is 0. The summed E-state index contributed by atoms with van der Waals surface area (Å²) in [6, 6.07) is 7.41. The summed E-state index contributed by atoms with van der Waals surface area (Å²) in [5.41, 5.74) is 6.72. The number of carbonyl (C=O) groups excluding carboxylic acids is 1. The van der Waals surface area contributed by atoms with Crippen LogP contribution in [0.2, 0.25) is 0 Å². The van der Waals surface area contributed by atoms with Crippen molar-refractivity contribution in [2.24, 2.45) is 0 Å². The van der Waals surface area contributed by atoms with Crippen molar-refractivity contribution in [3.8, 4) is 0 Å². The fraction of sp³-hybridized carbons (Fsp3) is 0.364. The summed E-state index contributed by atoms with van der Waals surface area (Å²) in [5.74, 6) is 0. The number of nitrogens with zero attached hydrogens (tertiary/aromatic N) is 1. The Hall–Kier alpha value is -1.71. The van der Waals surface area contributed by atoms with Crippen LogP contribution in [0.25, 0.3) is 0 Å². The number of carbonyl (C=O) groups is 1. The fourth-order valence-corrected chi connectivity index (χ4v) is 1.81. The molecule has 2 N–H and O–H groups in total. The van der Waals surface area contributed by atoms with E-state index in [4.69, 9.17) is 10.5 Å². The van der Waals surface area contributed by atoms with Crippen molar-refractivity contribution in [1.29, 1.82) is 0 Å². The molecule has 15 heavy (non-hydrogen) atoms. The second-order valence-electron chi connectivity index (χ2n) is 4.08. The predicted octanol–water partition coefficient (Wildman–Crippen LogP) is 1.57. The molecule has 1 fully saturated rings. The number of benzene rings is 1. The van der Waals surface area contributed by atoms with Crippen molar-refractivity contribution < 1.29 is 9.53 Å². The van der Waals surface area contributed by atoms with E-state index in [0.717, 1.165) is 5.56 Å². The molecule has 1 unspecified atom stereocenters. The molecule has 1 atom stereocenters. The van der Waals surface area contributed by atoms with Crippen LogP contribution in [0.15, 0.2) is 24.3 Å². The Morgan fingerprint density at radius 2 is 2.00 bits per heavy atom. The van der Waals surface area contributed by atoms with Crippen LogP contribution in [0, 0.1) is 0 Å². The highest BCUT2D eigenvalue weighted by atomic mass is 16.6. The molecule has 4 nitrogen and oxygen atoms in total. The average Bonchev–Trinajstić information content (AvgIpc) is 2.43. The lowest BCUT2D eigenvalue weighted by Gasteiger charge is -2.21. The number of anilines is 1. The summed E-state index contributed by atoms with van der Waals surface area (Å²) in [7, 11) is 1.73. The van der Waals surface area contributed by atoms with Crippen LogP contribution < -0.4 is 5.73 Å². The number of hydrogen-bond acceptors (Lipinski definition) is 3. The van der Waals surface area contributed by atoms with E-state index < -0.39 is 5.60 Å². The highest BCUT2D eigenvalue weighted by molar-refractivity contribution is 5.70. The molecule has 1 aliphatic rings. The van der Waals surface area contributed by atoms with Gasteiger partial charge in [0.25, 0.3) is 0 Å². The molecule has 0 spiro atoms. The lowest BCUT2D eigenvalue weighted by molar-refractivity contribution is 0.0701. The van der Waals surface area contributed by atoms with E-state index in [1.54, 1.807) is 11.9 Å². The molecular formula is C11H14N2O2. The molecular weight excluding hydrogens is 192 g/mol. The Morgan fingerprint density at radius 1 is 1.40 bits per heavy atom. The highest BCUT2D eigenvalue weighted by Crippen LogP contribution is 2.32. The van der Waals surface area contributed by atoms with Crippen molar-refractivity contribution in [2.75, 3.05) is 19.3 Å². The normalized spacial score (nSPS) is 25.5. The van der Waals surface area contributed by atoms with Crippen LogP contribution in [0.4, 0.5) is 10.5 Å². The maximum Gasteiger partial charge on any atom is 0.410 e. The number of nitrogen functional groups attached to an aromatic ring is 1. The number of hydrogen-bond donors (Lipinski definition) is 1. The Morgan fingerprint density at radius 3 is 2.47 bits per heavy atom. The van der Waals surface area contributed by atoms with E-state index in [9.17, 15) is 4.79 Å². The third-order valence-corrected chi connectivity index (χ3v) is 2.68. The molecule has 2 rings (SSSR count). The SMILES string of the molecule is CN1CC(C)(c2ccc(N)cc2)OC1=O. The van der Waals surface area contributed by atoms with Gasteiger partial charge in [-0.15, -0.1) is 0 Å². The Labute approximate surface area is 88.6 Å². The van der Waals surface area contributed by atoms with Gasteiger partial charge in [0, 0.05) is 12.7 Å². The zero-order valence-electron chi connectivity index (χ0n) is 8.86. The maximum absolute atomic E-state index is 11.3. The van der Waals surface area contributed by atoms with E-state index in [-0.39, 0.29) is 6.09 Å². The highest BCUT2D eigenvalue weighted by Gasteiger charge is 2.40. The molecule has 1 amide bonds. The molecule has 1 aromatic rings. The first-order chi connectivity index (χ1) is 7.01. The van der Waals surface area contributed by atoms with Gasteiger partial charge in [-0.25, -0.2) is 4.79 Å². The summed E-state index contributed by atoms with van der Waals surface area (Å²) < 4.78 is 5.33. The van der Waals surface area contributed by atoms with Crippen molar-refractivity contribution in [1.82, 2.24) is 4.90 Å². The van der Waals surface area contributed by atoms with Gasteiger partial charge in [-0.05, 0) is 24.6 Å². The van der Waals surface area contributed by atoms with Gasteiger partial charge in [0.1, 0.15) is 0 Å². The number of likely N-dealkylation sites (N-methyl/N-ethyl adjacent to an activating group) is 1. The monoisotopic (exact) mass is 206 g/mol. The standard InChI is InChI=1S/C11H14N2O2/c1-11(7-13(2)10(14)15-11)8-3-5-9(12)6-4-8/h3-6H,7,12H2,1-2H3. The van der Waals surface area contributed by atoms with Gasteiger partial charge >= 0.3 is 6.09 Å². The molecule has 1 heterocycles. The smallest absolute Gasteiger partial charge is 0.410 e. The van der Waals surface area contributed by atoms with Crippen molar-refractivity contribution in [3.05, 3.63) is 29.8 Å². The largest absolute Gasteiger partial charge is 0.436 e. The molecule has 80 valence electrons. The van der Waals surface area contributed by atoms with Gasteiger partial charge in [0.15, 0.2) is 5.60 Å². The van der Waals surface area contributed by atoms with Crippen molar-refractivity contribution in [3.63, 3.8) is 0 Å². The quantitative estimate of drug-likeness (QED) is 0.709. The first kappa shape index (κ1) is 9.83. The fourth-order valence-electron chi connectivity index (χ4n) is 1.81. The first-order valence-electron chi connectivity index (χ1n) is 4.81. The zero-order valence-corrected chi connectivity index (χ0v) is 8.86. The third kappa shape index (κ3) is 1.63. The second-order valence-corrected chi connectivity index (χ2v) is 4.08. The minimum absolute atomic E-state index is 0.283. The molecule has 0 radical (unpaired) electrons. The Kier molecular flexibility index (Phi) is 2.07.